The number of hydrogen-bond acceptors (Lipinski definition) is 5. The Hall–Kier alpha value is -2.04. The molecule has 0 aromatic heterocycles. The zero-order chi connectivity index (χ0) is 14.6. The first-order valence-electron chi connectivity index (χ1n) is 6.00. The topological polar surface area (TPSA) is 78.6 Å². The number of rotatable bonds is 4. The van der Waals surface area contributed by atoms with E-state index in [0.29, 0.717) is 11.3 Å². The standard InChI is InChI=1S/C14H19NO4/c1-5-19-12(16)10-8-9(6-7-11(10)15)14(2,3)13(17)18-4/h6-8H,5,15H2,1-4H3. The van der Waals surface area contributed by atoms with Crippen LogP contribution in [-0.4, -0.2) is 25.7 Å². The molecule has 0 spiro atoms. The van der Waals surface area contributed by atoms with Crippen molar-refractivity contribution in [1.82, 2.24) is 0 Å². The van der Waals surface area contributed by atoms with Gasteiger partial charge in [-0.1, -0.05) is 6.07 Å². The van der Waals surface area contributed by atoms with E-state index in [2.05, 4.69) is 0 Å². The van der Waals surface area contributed by atoms with Gasteiger partial charge in [0.05, 0.1) is 24.7 Å². The molecule has 0 heterocycles. The van der Waals surface area contributed by atoms with Crippen LogP contribution in [0, 0.1) is 0 Å². The van der Waals surface area contributed by atoms with E-state index < -0.39 is 11.4 Å². The predicted octanol–water partition coefficient (Wildman–Crippen LogP) is 1.90. The number of benzene rings is 1. The summed E-state index contributed by atoms with van der Waals surface area (Å²) in [7, 11) is 1.33. The van der Waals surface area contributed by atoms with Gasteiger partial charge >= 0.3 is 11.9 Å². The molecule has 0 aliphatic heterocycles. The third-order valence-electron chi connectivity index (χ3n) is 2.97. The van der Waals surface area contributed by atoms with Crippen LogP contribution in [-0.2, 0) is 19.7 Å². The molecule has 2 N–H and O–H groups in total. The van der Waals surface area contributed by atoms with Crippen molar-refractivity contribution in [2.45, 2.75) is 26.2 Å². The van der Waals surface area contributed by atoms with Crippen LogP contribution in [0.5, 0.6) is 0 Å². The van der Waals surface area contributed by atoms with Crippen molar-refractivity contribution in [3.63, 3.8) is 0 Å². The average Bonchev–Trinajstić information content (AvgIpc) is 2.38. The lowest BCUT2D eigenvalue weighted by Gasteiger charge is -2.22. The predicted molar refractivity (Wildman–Crippen MR) is 71.9 cm³/mol. The van der Waals surface area contributed by atoms with Gasteiger partial charge in [0.1, 0.15) is 0 Å². The van der Waals surface area contributed by atoms with Crippen LogP contribution >= 0.6 is 0 Å². The number of carbonyl (C=O) groups is 2. The summed E-state index contributed by atoms with van der Waals surface area (Å²) < 4.78 is 9.69. The molecule has 19 heavy (non-hydrogen) atoms. The molecule has 5 nitrogen and oxygen atoms in total. The molecule has 0 aliphatic carbocycles. The molecule has 0 saturated heterocycles. The van der Waals surface area contributed by atoms with Crippen molar-refractivity contribution in [3.05, 3.63) is 29.3 Å². The smallest absolute Gasteiger partial charge is 0.340 e. The number of nitrogens with two attached hydrogens (primary N) is 1. The second kappa shape index (κ2) is 5.73. The van der Waals surface area contributed by atoms with Gasteiger partial charge in [0.15, 0.2) is 0 Å². The van der Waals surface area contributed by atoms with Crippen LogP contribution in [0.25, 0.3) is 0 Å². The SMILES string of the molecule is CCOC(=O)c1cc(C(C)(C)C(=O)OC)ccc1N. The molecular formula is C14H19NO4. The zero-order valence-electron chi connectivity index (χ0n) is 11.6. The van der Waals surface area contributed by atoms with Gasteiger partial charge in [-0.2, -0.15) is 0 Å². The highest BCUT2D eigenvalue weighted by atomic mass is 16.5. The van der Waals surface area contributed by atoms with Crippen LogP contribution in [0.2, 0.25) is 0 Å². The number of carbonyl (C=O) groups excluding carboxylic acids is 2. The maximum Gasteiger partial charge on any atom is 0.340 e. The van der Waals surface area contributed by atoms with E-state index >= 15 is 0 Å². The van der Waals surface area contributed by atoms with Crippen molar-refractivity contribution in [3.8, 4) is 0 Å². The molecule has 1 aromatic rings. The molecule has 1 aromatic carbocycles. The van der Waals surface area contributed by atoms with Crippen LogP contribution < -0.4 is 5.73 Å². The monoisotopic (exact) mass is 265 g/mol. The summed E-state index contributed by atoms with van der Waals surface area (Å²) in [6.45, 7) is 5.43. The number of esters is 2. The Kier molecular flexibility index (Phi) is 4.53. The van der Waals surface area contributed by atoms with E-state index in [0.717, 1.165) is 0 Å². The maximum absolute atomic E-state index is 11.8. The third kappa shape index (κ3) is 3.05. The summed E-state index contributed by atoms with van der Waals surface area (Å²) in [5, 5.41) is 0. The van der Waals surface area contributed by atoms with Crippen LogP contribution in [0.1, 0.15) is 36.7 Å². The van der Waals surface area contributed by atoms with Crippen molar-refractivity contribution in [2.24, 2.45) is 0 Å². The lowest BCUT2D eigenvalue weighted by Crippen LogP contribution is -2.30. The van der Waals surface area contributed by atoms with E-state index in [1.165, 1.54) is 7.11 Å². The summed E-state index contributed by atoms with van der Waals surface area (Å²) in [5.74, 6) is -0.880. The summed E-state index contributed by atoms with van der Waals surface area (Å²) in [6, 6.07) is 4.87. The fourth-order valence-electron chi connectivity index (χ4n) is 1.70. The summed E-state index contributed by atoms with van der Waals surface area (Å²) in [4.78, 5) is 23.5. The fraction of sp³-hybridized carbons (Fsp3) is 0.429. The Labute approximate surface area is 112 Å². The second-order valence-electron chi connectivity index (χ2n) is 4.64. The highest BCUT2D eigenvalue weighted by molar-refractivity contribution is 5.96. The van der Waals surface area contributed by atoms with E-state index in [9.17, 15) is 9.59 Å². The Balaban J connectivity index is 3.22. The summed E-state index contributed by atoms with van der Waals surface area (Å²) in [5.41, 5.74) is 6.13. The number of anilines is 1. The van der Waals surface area contributed by atoms with Crippen molar-refractivity contribution >= 4 is 17.6 Å². The highest BCUT2D eigenvalue weighted by Gasteiger charge is 2.31. The molecule has 5 heteroatoms. The molecule has 0 bridgehead atoms. The van der Waals surface area contributed by atoms with Gasteiger partial charge in [-0.15, -0.1) is 0 Å². The molecule has 0 saturated carbocycles. The van der Waals surface area contributed by atoms with Gasteiger partial charge in [0, 0.05) is 5.69 Å². The highest BCUT2D eigenvalue weighted by Crippen LogP contribution is 2.27. The minimum absolute atomic E-state index is 0.260. The fourth-order valence-corrected chi connectivity index (χ4v) is 1.70. The van der Waals surface area contributed by atoms with Gasteiger partial charge in [-0.05, 0) is 38.5 Å². The Bertz CT molecular complexity index is 494. The minimum Gasteiger partial charge on any atom is -0.468 e. The molecule has 0 radical (unpaired) electrons. The number of methoxy groups -OCH3 is 1. The van der Waals surface area contributed by atoms with Crippen molar-refractivity contribution in [1.29, 1.82) is 0 Å². The second-order valence-corrected chi connectivity index (χ2v) is 4.64. The average molecular weight is 265 g/mol. The van der Waals surface area contributed by atoms with E-state index in [4.69, 9.17) is 15.2 Å². The summed E-state index contributed by atoms with van der Waals surface area (Å²) >= 11 is 0. The van der Waals surface area contributed by atoms with Gasteiger partial charge in [0.25, 0.3) is 0 Å². The number of nitrogen functional groups attached to an aromatic ring is 1. The maximum atomic E-state index is 11.8. The van der Waals surface area contributed by atoms with Crippen molar-refractivity contribution in [2.75, 3.05) is 19.5 Å². The Morgan fingerprint density at radius 1 is 1.32 bits per heavy atom. The van der Waals surface area contributed by atoms with E-state index in [1.807, 2.05) is 0 Å². The minimum atomic E-state index is -0.857. The van der Waals surface area contributed by atoms with Gasteiger partial charge in [-0.3, -0.25) is 4.79 Å². The first-order valence-corrected chi connectivity index (χ1v) is 6.00. The molecule has 0 unspecified atom stereocenters. The van der Waals surface area contributed by atoms with E-state index in [1.54, 1.807) is 39.0 Å². The van der Waals surface area contributed by atoms with Crippen molar-refractivity contribution < 1.29 is 19.1 Å². The van der Waals surface area contributed by atoms with Crippen LogP contribution in [0.3, 0.4) is 0 Å². The normalized spacial score (nSPS) is 10.9. The molecular weight excluding hydrogens is 246 g/mol. The molecule has 104 valence electrons. The number of hydrogen-bond donors (Lipinski definition) is 1. The molecule has 0 fully saturated rings. The lowest BCUT2D eigenvalue weighted by molar-refractivity contribution is -0.146. The molecule has 0 amide bonds. The van der Waals surface area contributed by atoms with Gasteiger partial charge in [0.2, 0.25) is 0 Å². The van der Waals surface area contributed by atoms with E-state index in [-0.39, 0.29) is 18.1 Å². The lowest BCUT2D eigenvalue weighted by atomic mass is 9.83. The first kappa shape index (κ1) is 15.0. The Morgan fingerprint density at radius 2 is 1.95 bits per heavy atom. The van der Waals surface area contributed by atoms with Gasteiger partial charge < -0.3 is 15.2 Å². The zero-order valence-corrected chi connectivity index (χ0v) is 11.6. The molecule has 0 atom stereocenters. The first-order chi connectivity index (χ1) is 8.84. The van der Waals surface area contributed by atoms with Gasteiger partial charge in [-0.25, -0.2) is 4.79 Å². The molecule has 1 rings (SSSR count). The van der Waals surface area contributed by atoms with Crippen LogP contribution in [0.4, 0.5) is 5.69 Å². The largest absolute Gasteiger partial charge is 0.468 e. The molecule has 0 aliphatic rings. The van der Waals surface area contributed by atoms with Crippen LogP contribution in [0.15, 0.2) is 18.2 Å². The third-order valence-corrected chi connectivity index (χ3v) is 2.97. The Morgan fingerprint density at radius 3 is 2.47 bits per heavy atom. The number of ether oxygens (including phenoxy) is 2. The quantitative estimate of drug-likeness (QED) is 0.664. The summed E-state index contributed by atoms with van der Waals surface area (Å²) in [6.07, 6.45) is 0.